The van der Waals surface area contributed by atoms with E-state index in [0.717, 1.165) is 28.3 Å². The molecule has 7 heteroatoms. The van der Waals surface area contributed by atoms with Gasteiger partial charge in [0.05, 0.1) is 11.0 Å². The van der Waals surface area contributed by atoms with Crippen LogP contribution in [0, 0.1) is 6.92 Å². The predicted octanol–water partition coefficient (Wildman–Crippen LogP) is 3.44. The number of aromatic nitrogens is 3. The number of hydrogen-bond acceptors (Lipinski definition) is 6. The third-order valence-corrected chi connectivity index (χ3v) is 3.85. The highest BCUT2D eigenvalue weighted by Gasteiger charge is 2.06. The van der Waals surface area contributed by atoms with Gasteiger partial charge in [-0.3, -0.25) is 0 Å². The summed E-state index contributed by atoms with van der Waals surface area (Å²) in [6.45, 7) is 5.69. The largest absolute Gasteiger partial charge is 0.362 e. The molecule has 19 heavy (non-hydrogen) atoms. The van der Waals surface area contributed by atoms with Gasteiger partial charge < -0.3 is 10.6 Å². The Morgan fingerprint density at radius 1 is 1.26 bits per heavy atom. The number of aryl methyl sites for hydroxylation is 1. The van der Waals surface area contributed by atoms with Crippen molar-refractivity contribution in [2.45, 2.75) is 26.8 Å². The standard InChI is InChI=1S/C12H16BrN5S/c1-3-4-14-12-17-6-9(13)11(18-12)16-7-10-15-5-8(2)19-10/h5-6H,3-4,7H2,1-2H3,(H2,14,16,17,18). The molecule has 0 radical (unpaired) electrons. The van der Waals surface area contributed by atoms with E-state index < -0.39 is 0 Å². The minimum absolute atomic E-state index is 0.642. The van der Waals surface area contributed by atoms with E-state index in [-0.39, 0.29) is 0 Å². The molecule has 0 aliphatic carbocycles. The summed E-state index contributed by atoms with van der Waals surface area (Å²) >= 11 is 5.13. The summed E-state index contributed by atoms with van der Waals surface area (Å²) in [4.78, 5) is 14.2. The second kappa shape index (κ2) is 6.81. The monoisotopic (exact) mass is 341 g/mol. The van der Waals surface area contributed by atoms with E-state index in [1.165, 1.54) is 4.88 Å². The molecule has 2 rings (SSSR count). The molecule has 2 heterocycles. The van der Waals surface area contributed by atoms with E-state index in [4.69, 9.17) is 0 Å². The second-order valence-electron chi connectivity index (χ2n) is 4.04. The van der Waals surface area contributed by atoms with E-state index in [2.05, 4.69) is 55.4 Å². The van der Waals surface area contributed by atoms with Crippen LogP contribution in [0.4, 0.5) is 11.8 Å². The topological polar surface area (TPSA) is 62.7 Å². The molecule has 0 aliphatic rings. The molecule has 102 valence electrons. The van der Waals surface area contributed by atoms with Crippen LogP contribution in [0.5, 0.6) is 0 Å². The second-order valence-corrected chi connectivity index (χ2v) is 6.21. The minimum atomic E-state index is 0.642. The van der Waals surface area contributed by atoms with Crippen molar-refractivity contribution in [1.29, 1.82) is 0 Å². The van der Waals surface area contributed by atoms with Crippen LogP contribution in [0.15, 0.2) is 16.9 Å². The number of rotatable bonds is 6. The van der Waals surface area contributed by atoms with Crippen molar-refractivity contribution in [2.75, 3.05) is 17.2 Å². The quantitative estimate of drug-likeness (QED) is 0.842. The van der Waals surface area contributed by atoms with E-state index in [0.29, 0.717) is 12.5 Å². The molecule has 0 amide bonds. The van der Waals surface area contributed by atoms with Gasteiger partial charge >= 0.3 is 0 Å². The van der Waals surface area contributed by atoms with E-state index in [1.54, 1.807) is 17.5 Å². The summed E-state index contributed by atoms with van der Waals surface area (Å²) in [6, 6.07) is 0. The van der Waals surface area contributed by atoms with Crippen LogP contribution in [-0.4, -0.2) is 21.5 Å². The van der Waals surface area contributed by atoms with Crippen LogP contribution >= 0.6 is 27.3 Å². The van der Waals surface area contributed by atoms with Crippen molar-refractivity contribution >= 4 is 39.0 Å². The number of thiazole rings is 1. The Kier molecular flexibility index (Phi) is 5.09. The number of nitrogens with zero attached hydrogens (tertiary/aromatic N) is 3. The molecule has 0 fully saturated rings. The zero-order chi connectivity index (χ0) is 13.7. The van der Waals surface area contributed by atoms with Gasteiger partial charge in [0, 0.05) is 23.8 Å². The lowest BCUT2D eigenvalue weighted by Gasteiger charge is -2.08. The van der Waals surface area contributed by atoms with Crippen LogP contribution in [0.2, 0.25) is 0 Å². The molecule has 0 atom stereocenters. The van der Waals surface area contributed by atoms with E-state index in [1.807, 2.05) is 6.20 Å². The fourth-order valence-corrected chi connectivity index (χ4v) is 2.51. The summed E-state index contributed by atoms with van der Waals surface area (Å²) in [5.41, 5.74) is 0. The zero-order valence-corrected chi connectivity index (χ0v) is 13.3. The van der Waals surface area contributed by atoms with Crippen LogP contribution in [0.3, 0.4) is 0 Å². The van der Waals surface area contributed by atoms with E-state index in [9.17, 15) is 0 Å². The summed E-state index contributed by atoms with van der Waals surface area (Å²) < 4.78 is 0.850. The Hall–Kier alpha value is -1.21. The summed E-state index contributed by atoms with van der Waals surface area (Å²) in [6.07, 6.45) is 4.67. The maximum Gasteiger partial charge on any atom is 0.224 e. The van der Waals surface area contributed by atoms with Crippen molar-refractivity contribution in [3.05, 3.63) is 26.8 Å². The highest BCUT2D eigenvalue weighted by Crippen LogP contribution is 2.21. The van der Waals surface area contributed by atoms with Crippen LogP contribution in [-0.2, 0) is 6.54 Å². The first-order chi connectivity index (χ1) is 9.19. The Morgan fingerprint density at radius 3 is 2.79 bits per heavy atom. The van der Waals surface area contributed by atoms with Gasteiger partial charge in [0.15, 0.2) is 0 Å². The summed E-state index contributed by atoms with van der Waals surface area (Å²) in [5, 5.41) is 7.48. The van der Waals surface area contributed by atoms with Crippen molar-refractivity contribution in [3.8, 4) is 0 Å². The van der Waals surface area contributed by atoms with Gasteiger partial charge in [-0.25, -0.2) is 9.97 Å². The molecule has 2 aromatic heterocycles. The van der Waals surface area contributed by atoms with Gasteiger partial charge in [-0.1, -0.05) is 6.92 Å². The summed E-state index contributed by atoms with van der Waals surface area (Å²) in [5.74, 6) is 1.42. The molecule has 0 aliphatic heterocycles. The van der Waals surface area contributed by atoms with Crippen LogP contribution in [0.25, 0.3) is 0 Å². The highest BCUT2D eigenvalue weighted by molar-refractivity contribution is 9.10. The van der Waals surface area contributed by atoms with Crippen molar-refractivity contribution in [1.82, 2.24) is 15.0 Å². The molecular weight excluding hydrogens is 326 g/mol. The molecule has 0 aromatic carbocycles. The normalized spacial score (nSPS) is 10.5. The first kappa shape index (κ1) is 14.2. The predicted molar refractivity (Wildman–Crippen MR) is 82.7 cm³/mol. The maximum atomic E-state index is 4.43. The smallest absolute Gasteiger partial charge is 0.224 e. The fourth-order valence-electron chi connectivity index (χ4n) is 1.46. The highest BCUT2D eigenvalue weighted by atomic mass is 79.9. The van der Waals surface area contributed by atoms with Crippen LogP contribution < -0.4 is 10.6 Å². The van der Waals surface area contributed by atoms with Gasteiger partial charge in [-0.15, -0.1) is 11.3 Å². The number of hydrogen-bond donors (Lipinski definition) is 2. The maximum absolute atomic E-state index is 4.43. The average Bonchev–Trinajstić information content (AvgIpc) is 2.82. The van der Waals surface area contributed by atoms with Gasteiger partial charge in [-0.2, -0.15) is 4.98 Å². The lowest BCUT2D eigenvalue weighted by atomic mass is 10.5. The molecule has 0 spiro atoms. The Bertz CT molecular complexity index is 543. The average molecular weight is 342 g/mol. The molecule has 5 nitrogen and oxygen atoms in total. The first-order valence-electron chi connectivity index (χ1n) is 6.10. The number of halogens is 1. The lowest BCUT2D eigenvalue weighted by molar-refractivity contribution is 0.948. The molecule has 2 N–H and O–H groups in total. The molecule has 0 unspecified atom stereocenters. The number of anilines is 2. The van der Waals surface area contributed by atoms with Gasteiger partial charge in [0.25, 0.3) is 0 Å². The third kappa shape index (κ3) is 4.14. The zero-order valence-electron chi connectivity index (χ0n) is 10.9. The number of nitrogens with one attached hydrogen (secondary N) is 2. The van der Waals surface area contributed by atoms with Gasteiger partial charge in [0.1, 0.15) is 10.8 Å². The fraction of sp³-hybridized carbons (Fsp3) is 0.417. The Morgan fingerprint density at radius 2 is 2.11 bits per heavy atom. The Labute approximate surface area is 125 Å². The van der Waals surface area contributed by atoms with E-state index >= 15 is 0 Å². The van der Waals surface area contributed by atoms with Crippen LogP contribution in [0.1, 0.15) is 23.2 Å². The van der Waals surface area contributed by atoms with Crippen molar-refractivity contribution < 1.29 is 0 Å². The van der Waals surface area contributed by atoms with Gasteiger partial charge in [0.2, 0.25) is 5.95 Å². The summed E-state index contributed by atoms with van der Waals surface area (Å²) in [7, 11) is 0. The molecule has 0 saturated heterocycles. The minimum Gasteiger partial charge on any atom is -0.362 e. The lowest BCUT2D eigenvalue weighted by Crippen LogP contribution is -2.08. The molecule has 0 saturated carbocycles. The molecular formula is C12H16BrN5S. The third-order valence-electron chi connectivity index (χ3n) is 2.35. The molecule has 2 aromatic rings. The molecule has 0 bridgehead atoms. The Balaban J connectivity index is 2.02. The van der Waals surface area contributed by atoms with Gasteiger partial charge in [-0.05, 0) is 29.3 Å². The van der Waals surface area contributed by atoms with Crippen molar-refractivity contribution in [2.24, 2.45) is 0 Å². The van der Waals surface area contributed by atoms with Crippen molar-refractivity contribution in [3.63, 3.8) is 0 Å². The first-order valence-corrected chi connectivity index (χ1v) is 7.71. The SMILES string of the molecule is CCCNc1ncc(Br)c(NCc2ncc(C)s2)n1.